The van der Waals surface area contributed by atoms with E-state index < -0.39 is 11.8 Å². The van der Waals surface area contributed by atoms with Gasteiger partial charge in [0.05, 0.1) is 6.61 Å². The summed E-state index contributed by atoms with van der Waals surface area (Å²) in [7, 11) is 0. The van der Waals surface area contributed by atoms with Crippen LogP contribution in [-0.2, 0) is 15.9 Å². The third-order valence-electron chi connectivity index (χ3n) is 2.93. The summed E-state index contributed by atoms with van der Waals surface area (Å²) in [4.78, 5) is 14.6. The lowest BCUT2D eigenvalue weighted by Crippen LogP contribution is -2.24. The maximum absolute atomic E-state index is 11.4. The molecule has 0 atom stereocenters. The normalized spacial score (nSPS) is 11.6. The van der Waals surface area contributed by atoms with Crippen molar-refractivity contribution in [3.8, 4) is 0 Å². The molecular weight excluding hydrogens is 290 g/mol. The Morgan fingerprint density at radius 3 is 2.81 bits per heavy atom. The number of aryl methyl sites for hydroxylation is 1. The zero-order valence-electron chi connectivity index (χ0n) is 12.5. The summed E-state index contributed by atoms with van der Waals surface area (Å²) in [6.45, 7) is 5.76. The third kappa shape index (κ3) is 4.67. The molecule has 0 aliphatic heterocycles. The van der Waals surface area contributed by atoms with Crippen LogP contribution >= 0.6 is 11.6 Å². The highest BCUT2D eigenvalue weighted by Crippen LogP contribution is 2.23. The molecule has 1 N–H and O–H groups in total. The quantitative estimate of drug-likeness (QED) is 0.657. The van der Waals surface area contributed by atoms with Crippen LogP contribution in [0.3, 0.4) is 0 Å². The van der Waals surface area contributed by atoms with Crippen LogP contribution < -0.4 is 0 Å². The summed E-state index contributed by atoms with van der Waals surface area (Å²) < 4.78 is 10.1. The second-order valence-electron chi connectivity index (χ2n) is 5.92. The molecule has 0 aliphatic rings. The first-order valence-electron chi connectivity index (χ1n) is 6.96. The molecule has 2 rings (SSSR count). The van der Waals surface area contributed by atoms with E-state index >= 15 is 0 Å². The highest BCUT2D eigenvalue weighted by atomic mass is 35.5. The van der Waals surface area contributed by atoms with E-state index in [9.17, 15) is 4.79 Å². The number of aromatic amines is 1. The van der Waals surface area contributed by atoms with E-state index in [0.29, 0.717) is 11.6 Å². The van der Waals surface area contributed by atoms with Gasteiger partial charge in [-0.1, -0.05) is 11.6 Å². The van der Waals surface area contributed by atoms with Crippen LogP contribution in [0.4, 0.5) is 4.79 Å². The number of H-pyrrole nitrogens is 1. The molecule has 0 radical (unpaired) electrons. The second kappa shape index (κ2) is 6.39. The summed E-state index contributed by atoms with van der Waals surface area (Å²) >= 11 is 6.01. The fourth-order valence-electron chi connectivity index (χ4n) is 2.06. The van der Waals surface area contributed by atoms with Crippen LogP contribution in [0.25, 0.3) is 10.9 Å². The van der Waals surface area contributed by atoms with E-state index in [1.807, 2.05) is 45.2 Å². The van der Waals surface area contributed by atoms with E-state index in [1.165, 1.54) is 5.56 Å². The van der Waals surface area contributed by atoms with Crippen molar-refractivity contribution in [2.45, 2.75) is 39.2 Å². The predicted octanol–water partition coefficient (Wildman–Crippen LogP) is 4.71. The number of aromatic nitrogens is 1. The smallest absolute Gasteiger partial charge is 0.434 e. The van der Waals surface area contributed by atoms with Crippen LogP contribution in [0.2, 0.25) is 5.02 Å². The van der Waals surface area contributed by atoms with Gasteiger partial charge < -0.3 is 14.5 Å². The Kier molecular flexibility index (Phi) is 4.78. The lowest BCUT2D eigenvalue weighted by atomic mass is 10.1. The minimum absolute atomic E-state index is 0.335. The monoisotopic (exact) mass is 309 g/mol. The van der Waals surface area contributed by atoms with Crippen LogP contribution in [0.1, 0.15) is 32.8 Å². The minimum Gasteiger partial charge on any atom is -0.434 e. The van der Waals surface area contributed by atoms with Crippen molar-refractivity contribution >= 4 is 28.7 Å². The molecule has 0 spiro atoms. The van der Waals surface area contributed by atoms with Crippen LogP contribution in [0.5, 0.6) is 0 Å². The Labute approximate surface area is 129 Å². The lowest BCUT2D eigenvalue weighted by molar-refractivity contribution is -0.00744. The van der Waals surface area contributed by atoms with Gasteiger partial charge in [0.25, 0.3) is 0 Å². The molecule has 0 saturated heterocycles. The van der Waals surface area contributed by atoms with Crippen molar-refractivity contribution < 1.29 is 14.3 Å². The molecule has 0 amide bonds. The zero-order valence-corrected chi connectivity index (χ0v) is 13.3. The highest BCUT2D eigenvalue weighted by Gasteiger charge is 2.17. The zero-order chi connectivity index (χ0) is 15.5. The number of hydrogen-bond acceptors (Lipinski definition) is 3. The van der Waals surface area contributed by atoms with Gasteiger partial charge in [0.2, 0.25) is 0 Å². The Bertz CT molecular complexity index is 628. The summed E-state index contributed by atoms with van der Waals surface area (Å²) in [5.74, 6) is 0. The van der Waals surface area contributed by atoms with Gasteiger partial charge in [-0.3, -0.25) is 0 Å². The largest absolute Gasteiger partial charge is 0.508 e. The maximum Gasteiger partial charge on any atom is 0.508 e. The van der Waals surface area contributed by atoms with Crippen molar-refractivity contribution in [3.05, 3.63) is 35.0 Å². The van der Waals surface area contributed by atoms with E-state index in [4.69, 9.17) is 21.1 Å². The molecular formula is C16H20ClNO3. The van der Waals surface area contributed by atoms with Gasteiger partial charge in [-0.2, -0.15) is 0 Å². The standard InChI is InChI=1S/C16H20ClNO3/c1-16(2,3)21-15(19)20-8-4-5-11-10-18-14-7-6-12(17)9-13(11)14/h6-7,9-10,18H,4-5,8H2,1-3H3. The molecule has 0 fully saturated rings. The van der Waals surface area contributed by atoms with Crippen LogP contribution in [0, 0.1) is 0 Å². The molecule has 0 aliphatic carbocycles. The highest BCUT2D eigenvalue weighted by molar-refractivity contribution is 6.31. The Balaban J connectivity index is 1.83. The number of hydrogen-bond donors (Lipinski definition) is 1. The van der Waals surface area contributed by atoms with Crippen molar-refractivity contribution in [2.75, 3.05) is 6.61 Å². The number of halogens is 1. The number of benzene rings is 1. The Hall–Kier alpha value is -1.68. The molecule has 0 unspecified atom stereocenters. The maximum atomic E-state index is 11.4. The van der Waals surface area contributed by atoms with E-state index in [2.05, 4.69) is 4.98 Å². The summed E-state index contributed by atoms with van der Waals surface area (Å²) in [5, 5.41) is 1.83. The summed E-state index contributed by atoms with van der Waals surface area (Å²) in [5.41, 5.74) is 1.70. The number of carbonyl (C=O) groups excluding carboxylic acids is 1. The molecule has 2 aromatic rings. The molecule has 1 aromatic heterocycles. The third-order valence-corrected chi connectivity index (χ3v) is 3.16. The molecule has 5 heteroatoms. The second-order valence-corrected chi connectivity index (χ2v) is 6.36. The van der Waals surface area contributed by atoms with Gasteiger partial charge in [0, 0.05) is 22.1 Å². The van der Waals surface area contributed by atoms with Gasteiger partial charge in [0.1, 0.15) is 5.60 Å². The van der Waals surface area contributed by atoms with Gasteiger partial charge in [0.15, 0.2) is 0 Å². The average Bonchev–Trinajstić information content (AvgIpc) is 2.75. The van der Waals surface area contributed by atoms with Gasteiger partial charge >= 0.3 is 6.16 Å². The topological polar surface area (TPSA) is 51.3 Å². The van der Waals surface area contributed by atoms with Crippen molar-refractivity contribution in [1.29, 1.82) is 0 Å². The number of rotatable bonds is 4. The minimum atomic E-state index is -0.621. The molecule has 4 nitrogen and oxygen atoms in total. The summed E-state index contributed by atoms with van der Waals surface area (Å²) in [6.07, 6.45) is 2.89. The van der Waals surface area contributed by atoms with Gasteiger partial charge in [-0.25, -0.2) is 4.79 Å². The number of fused-ring (bicyclic) bond motifs is 1. The van der Waals surface area contributed by atoms with Crippen molar-refractivity contribution in [3.63, 3.8) is 0 Å². The van der Waals surface area contributed by atoms with E-state index in [1.54, 1.807) is 0 Å². The van der Waals surface area contributed by atoms with Crippen LogP contribution in [-0.4, -0.2) is 23.3 Å². The predicted molar refractivity (Wildman–Crippen MR) is 83.8 cm³/mol. The average molecular weight is 310 g/mol. The molecule has 1 aromatic carbocycles. The molecule has 0 saturated carbocycles. The fourth-order valence-corrected chi connectivity index (χ4v) is 2.23. The number of carbonyl (C=O) groups is 1. The Morgan fingerprint density at radius 1 is 1.33 bits per heavy atom. The van der Waals surface area contributed by atoms with Crippen LogP contribution in [0.15, 0.2) is 24.4 Å². The van der Waals surface area contributed by atoms with Crippen molar-refractivity contribution in [1.82, 2.24) is 4.98 Å². The number of nitrogens with one attached hydrogen (secondary N) is 1. The van der Waals surface area contributed by atoms with E-state index in [-0.39, 0.29) is 0 Å². The first kappa shape index (κ1) is 15.7. The van der Waals surface area contributed by atoms with Gasteiger partial charge in [-0.05, 0) is 57.4 Å². The van der Waals surface area contributed by atoms with Crippen molar-refractivity contribution in [2.24, 2.45) is 0 Å². The van der Waals surface area contributed by atoms with Gasteiger partial charge in [-0.15, -0.1) is 0 Å². The van der Waals surface area contributed by atoms with E-state index in [0.717, 1.165) is 23.7 Å². The fraction of sp³-hybridized carbons (Fsp3) is 0.438. The molecule has 21 heavy (non-hydrogen) atoms. The lowest BCUT2D eigenvalue weighted by Gasteiger charge is -2.18. The SMILES string of the molecule is CC(C)(C)OC(=O)OCCCc1c[nH]c2ccc(Cl)cc12. The molecule has 114 valence electrons. The summed E-state index contributed by atoms with van der Waals surface area (Å²) in [6, 6.07) is 5.76. The molecule has 1 heterocycles. The molecule has 0 bridgehead atoms. The first-order valence-corrected chi connectivity index (χ1v) is 7.34. The Morgan fingerprint density at radius 2 is 2.10 bits per heavy atom. The number of ether oxygens (including phenoxy) is 2. The first-order chi connectivity index (χ1) is 9.85.